The van der Waals surface area contributed by atoms with Crippen LogP contribution >= 0.6 is 11.6 Å². The zero-order chi connectivity index (χ0) is 13.0. The lowest BCUT2D eigenvalue weighted by Crippen LogP contribution is -2.18. The van der Waals surface area contributed by atoms with Gasteiger partial charge < -0.3 is 4.84 Å². The first kappa shape index (κ1) is 12.6. The number of nitrogens with zero attached hydrogens (tertiary/aromatic N) is 1. The van der Waals surface area contributed by atoms with Crippen LogP contribution in [0.3, 0.4) is 0 Å². The van der Waals surface area contributed by atoms with E-state index in [-0.39, 0.29) is 5.69 Å². The first-order valence-corrected chi connectivity index (χ1v) is 6.10. The number of benzene rings is 1. The van der Waals surface area contributed by atoms with E-state index < -0.39 is 5.78 Å². The number of fused-ring (bicyclic) bond motifs is 1. The molecule has 0 saturated carbocycles. The lowest BCUT2D eigenvalue weighted by atomic mass is 10.1. The van der Waals surface area contributed by atoms with Gasteiger partial charge in [-0.05, 0) is 6.42 Å². The summed E-state index contributed by atoms with van der Waals surface area (Å²) in [5.41, 5.74) is 0.259. The summed E-state index contributed by atoms with van der Waals surface area (Å²) >= 11 is 5.56. The van der Waals surface area contributed by atoms with Gasteiger partial charge in [0.05, 0.1) is 6.20 Å². The molecule has 0 aliphatic carbocycles. The normalized spacial score (nSPS) is 10.5. The van der Waals surface area contributed by atoms with Gasteiger partial charge in [0.15, 0.2) is 6.29 Å². The second-order valence-electron chi connectivity index (χ2n) is 3.75. The Balaban J connectivity index is 2.43. The van der Waals surface area contributed by atoms with Crippen molar-refractivity contribution in [1.29, 1.82) is 0 Å². The van der Waals surface area contributed by atoms with Gasteiger partial charge in [0.25, 0.3) is 0 Å². The van der Waals surface area contributed by atoms with Crippen LogP contribution in [0.1, 0.15) is 16.9 Å². The molecule has 0 bridgehead atoms. The lowest BCUT2D eigenvalue weighted by Gasteiger charge is -2.07. The number of alkyl halides is 1. The SMILES string of the molecule is O=CC(=O)c1c2ccccc2cn1OCCCCl. The number of Topliss-reactive ketones (excluding diaryl/α,β-unsaturated/α-hetero) is 1. The Labute approximate surface area is 109 Å². The summed E-state index contributed by atoms with van der Waals surface area (Å²) in [5.74, 6) is -0.111. The Hall–Kier alpha value is -1.81. The molecule has 2 aromatic rings. The fourth-order valence-electron chi connectivity index (χ4n) is 1.75. The molecule has 1 aromatic heterocycles. The fourth-order valence-corrected chi connectivity index (χ4v) is 1.86. The van der Waals surface area contributed by atoms with E-state index in [4.69, 9.17) is 16.4 Å². The summed E-state index contributed by atoms with van der Waals surface area (Å²) in [6.45, 7) is 0.392. The second-order valence-corrected chi connectivity index (χ2v) is 4.13. The molecule has 0 saturated heterocycles. The maximum Gasteiger partial charge on any atom is 0.245 e. The van der Waals surface area contributed by atoms with Crippen LogP contribution in [0.15, 0.2) is 30.5 Å². The van der Waals surface area contributed by atoms with Crippen LogP contribution in [0.25, 0.3) is 10.8 Å². The molecule has 94 valence electrons. The predicted molar refractivity (Wildman–Crippen MR) is 69.1 cm³/mol. The summed E-state index contributed by atoms with van der Waals surface area (Å²) < 4.78 is 1.36. The largest absolute Gasteiger partial charge is 0.414 e. The molecule has 0 unspecified atom stereocenters. The molecule has 1 aromatic carbocycles. The minimum atomic E-state index is -0.595. The first-order valence-electron chi connectivity index (χ1n) is 5.56. The highest BCUT2D eigenvalue weighted by Gasteiger charge is 2.16. The molecular formula is C13H12ClNO3. The van der Waals surface area contributed by atoms with E-state index in [2.05, 4.69) is 0 Å². The molecular weight excluding hydrogens is 254 g/mol. The van der Waals surface area contributed by atoms with Crippen LogP contribution in [0.2, 0.25) is 0 Å². The minimum absolute atomic E-state index is 0.259. The van der Waals surface area contributed by atoms with Crippen molar-refractivity contribution in [1.82, 2.24) is 4.73 Å². The second kappa shape index (κ2) is 5.69. The molecule has 0 fully saturated rings. The van der Waals surface area contributed by atoms with Gasteiger partial charge in [0, 0.05) is 16.7 Å². The standard InChI is InChI=1S/C13H12ClNO3/c14-6-3-7-18-15-8-10-4-1-2-5-11(10)13(15)12(17)9-16/h1-2,4-5,8-9H,3,6-7H2. The number of hydrogen-bond donors (Lipinski definition) is 0. The third-order valence-corrected chi connectivity index (χ3v) is 2.81. The van der Waals surface area contributed by atoms with E-state index in [0.717, 1.165) is 5.39 Å². The molecule has 0 aliphatic heterocycles. The molecule has 5 heteroatoms. The summed E-state index contributed by atoms with van der Waals surface area (Å²) in [6, 6.07) is 7.32. The zero-order valence-corrected chi connectivity index (χ0v) is 10.4. The van der Waals surface area contributed by atoms with Gasteiger partial charge in [0.2, 0.25) is 5.78 Å². The molecule has 1 heterocycles. The van der Waals surface area contributed by atoms with Crippen molar-refractivity contribution in [2.24, 2.45) is 0 Å². The van der Waals surface area contributed by atoms with E-state index in [1.165, 1.54) is 4.73 Å². The topological polar surface area (TPSA) is 48.3 Å². The van der Waals surface area contributed by atoms with E-state index in [1.54, 1.807) is 12.3 Å². The van der Waals surface area contributed by atoms with Crippen molar-refractivity contribution >= 4 is 34.4 Å². The smallest absolute Gasteiger partial charge is 0.245 e. The molecule has 0 aliphatic rings. The fraction of sp³-hybridized carbons (Fsp3) is 0.231. The molecule has 0 atom stereocenters. The number of halogens is 1. The van der Waals surface area contributed by atoms with Crippen molar-refractivity contribution in [3.8, 4) is 0 Å². The van der Waals surface area contributed by atoms with Crippen molar-refractivity contribution in [2.45, 2.75) is 6.42 Å². The number of carbonyl (C=O) groups is 2. The number of aldehydes is 1. The zero-order valence-electron chi connectivity index (χ0n) is 9.64. The maximum absolute atomic E-state index is 11.6. The summed E-state index contributed by atoms with van der Waals surface area (Å²) in [5, 5.41) is 1.56. The number of hydrogen-bond acceptors (Lipinski definition) is 3. The van der Waals surface area contributed by atoms with E-state index >= 15 is 0 Å². The number of aromatic nitrogens is 1. The maximum atomic E-state index is 11.6. The Morgan fingerprint density at radius 3 is 2.89 bits per heavy atom. The first-order chi connectivity index (χ1) is 8.77. The summed E-state index contributed by atoms with van der Waals surface area (Å²) in [6.07, 6.45) is 2.66. The Kier molecular flexibility index (Phi) is 3.99. The summed E-state index contributed by atoms with van der Waals surface area (Å²) in [4.78, 5) is 27.8. The molecule has 0 amide bonds. The highest BCUT2D eigenvalue weighted by molar-refractivity contribution is 6.35. The molecule has 2 rings (SSSR count). The van der Waals surface area contributed by atoms with Crippen molar-refractivity contribution in [3.05, 3.63) is 36.2 Å². The number of ketones is 1. The van der Waals surface area contributed by atoms with Gasteiger partial charge in [-0.25, -0.2) is 0 Å². The van der Waals surface area contributed by atoms with Crippen LogP contribution in [0.4, 0.5) is 0 Å². The van der Waals surface area contributed by atoms with Crippen molar-refractivity contribution in [2.75, 3.05) is 12.5 Å². The van der Waals surface area contributed by atoms with E-state index in [0.29, 0.717) is 30.6 Å². The predicted octanol–water partition coefficient (Wildman–Crippen LogP) is 2.08. The Morgan fingerprint density at radius 1 is 1.39 bits per heavy atom. The van der Waals surface area contributed by atoms with Crippen LogP contribution in [0.5, 0.6) is 0 Å². The number of carbonyl (C=O) groups excluding carboxylic acids is 2. The Morgan fingerprint density at radius 2 is 2.17 bits per heavy atom. The quantitative estimate of drug-likeness (QED) is 0.264. The van der Waals surface area contributed by atoms with Gasteiger partial charge in [0.1, 0.15) is 12.3 Å². The average molecular weight is 266 g/mol. The van der Waals surface area contributed by atoms with Crippen molar-refractivity contribution in [3.63, 3.8) is 0 Å². The van der Waals surface area contributed by atoms with Crippen LogP contribution in [0, 0.1) is 0 Å². The van der Waals surface area contributed by atoms with E-state index in [9.17, 15) is 9.59 Å². The van der Waals surface area contributed by atoms with Gasteiger partial charge >= 0.3 is 0 Å². The third kappa shape index (κ3) is 2.38. The molecule has 0 N–H and O–H groups in total. The molecule has 0 radical (unpaired) electrons. The van der Waals surface area contributed by atoms with Crippen LogP contribution in [-0.2, 0) is 4.79 Å². The lowest BCUT2D eigenvalue weighted by molar-refractivity contribution is -0.104. The van der Waals surface area contributed by atoms with Gasteiger partial charge in [-0.15, -0.1) is 11.6 Å². The van der Waals surface area contributed by atoms with Gasteiger partial charge in [-0.3, -0.25) is 9.59 Å². The average Bonchev–Trinajstić information content (AvgIpc) is 2.76. The third-order valence-electron chi connectivity index (χ3n) is 2.54. The van der Waals surface area contributed by atoms with Crippen LogP contribution < -0.4 is 4.84 Å². The molecule has 18 heavy (non-hydrogen) atoms. The highest BCUT2D eigenvalue weighted by atomic mass is 35.5. The van der Waals surface area contributed by atoms with Crippen LogP contribution in [-0.4, -0.2) is 29.3 Å². The molecule has 4 nitrogen and oxygen atoms in total. The van der Waals surface area contributed by atoms with Gasteiger partial charge in [-0.1, -0.05) is 24.3 Å². The van der Waals surface area contributed by atoms with E-state index in [1.807, 2.05) is 18.2 Å². The highest BCUT2D eigenvalue weighted by Crippen LogP contribution is 2.20. The summed E-state index contributed by atoms with van der Waals surface area (Å²) in [7, 11) is 0. The Bertz CT molecular complexity index is 577. The number of rotatable bonds is 6. The minimum Gasteiger partial charge on any atom is -0.414 e. The van der Waals surface area contributed by atoms with Gasteiger partial charge in [-0.2, -0.15) is 4.73 Å². The molecule has 0 spiro atoms. The monoisotopic (exact) mass is 265 g/mol. The van der Waals surface area contributed by atoms with Crippen molar-refractivity contribution < 1.29 is 14.4 Å².